The first-order valence-electron chi connectivity index (χ1n) is 16.4. The van der Waals surface area contributed by atoms with Crippen molar-refractivity contribution in [2.75, 3.05) is 34.6 Å². The van der Waals surface area contributed by atoms with Crippen molar-refractivity contribution in [1.82, 2.24) is 0 Å². The summed E-state index contributed by atoms with van der Waals surface area (Å²) in [5.74, 6) is -1.32. The second kappa shape index (κ2) is 16.1. The van der Waals surface area contributed by atoms with E-state index in [2.05, 4.69) is 20.8 Å². The number of carbonyl (C=O) groups excluding carboxylic acids is 2. The minimum atomic E-state index is -3.90. The quantitative estimate of drug-likeness (QED) is 0.100. The molecular formula is C40H47O9P. The summed E-state index contributed by atoms with van der Waals surface area (Å²) < 4.78 is 39.1. The van der Waals surface area contributed by atoms with Gasteiger partial charge in [0.2, 0.25) is 11.6 Å². The number of aliphatic hydroxyl groups excluding tert-OH is 2. The second-order valence-corrected chi connectivity index (χ2v) is 16.3. The van der Waals surface area contributed by atoms with Crippen LogP contribution in [0.25, 0.3) is 0 Å². The average molecular weight is 703 g/mol. The van der Waals surface area contributed by atoms with E-state index in [1.54, 1.807) is 72.8 Å². The summed E-state index contributed by atoms with van der Waals surface area (Å²) >= 11 is 0. The Morgan fingerprint density at radius 1 is 0.640 bits per heavy atom. The number of hydrogen-bond donors (Lipinski definition) is 2. The lowest BCUT2D eigenvalue weighted by Gasteiger charge is -2.30. The van der Waals surface area contributed by atoms with Gasteiger partial charge in [0, 0.05) is 6.16 Å². The molecule has 2 N–H and O–H groups in total. The summed E-state index contributed by atoms with van der Waals surface area (Å²) in [6, 6.07) is 23.2. The molecule has 0 aliphatic rings. The van der Waals surface area contributed by atoms with E-state index in [-0.39, 0.29) is 62.2 Å². The van der Waals surface area contributed by atoms with Gasteiger partial charge in [0.05, 0.1) is 39.0 Å². The van der Waals surface area contributed by atoms with E-state index in [1.807, 2.05) is 6.92 Å². The number of ketones is 2. The zero-order valence-corrected chi connectivity index (χ0v) is 30.8. The maximum Gasteiger partial charge on any atom is 0.203 e. The van der Waals surface area contributed by atoms with Crippen molar-refractivity contribution in [1.29, 1.82) is 0 Å². The van der Waals surface area contributed by atoms with Gasteiger partial charge < -0.3 is 33.7 Å². The SMILES string of the molecule is COc1ccc(P(=O)(CC(C)CC(C)(C)C)c2ccc(OC)c(C(=O)C(O)c3ccccc3)c2OC)c(OC)c1C(=O)C(O)c1ccccc1. The number of methoxy groups -OCH3 is 4. The van der Waals surface area contributed by atoms with Crippen molar-refractivity contribution in [2.45, 2.75) is 46.3 Å². The molecule has 0 saturated carbocycles. The van der Waals surface area contributed by atoms with E-state index in [0.717, 1.165) is 0 Å². The van der Waals surface area contributed by atoms with Crippen molar-refractivity contribution >= 4 is 29.3 Å². The van der Waals surface area contributed by atoms with Crippen LogP contribution in [0.4, 0.5) is 0 Å². The van der Waals surface area contributed by atoms with Gasteiger partial charge in [-0.1, -0.05) is 88.4 Å². The van der Waals surface area contributed by atoms with Gasteiger partial charge in [-0.3, -0.25) is 9.59 Å². The molecule has 0 radical (unpaired) electrons. The van der Waals surface area contributed by atoms with Crippen LogP contribution in [0.5, 0.6) is 23.0 Å². The van der Waals surface area contributed by atoms with E-state index in [9.17, 15) is 19.8 Å². The van der Waals surface area contributed by atoms with Crippen LogP contribution in [-0.2, 0) is 4.57 Å². The first-order valence-corrected chi connectivity index (χ1v) is 18.3. The molecule has 3 atom stereocenters. The molecule has 9 nitrogen and oxygen atoms in total. The highest BCUT2D eigenvalue weighted by atomic mass is 31.2. The van der Waals surface area contributed by atoms with Crippen LogP contribution in [0, 0.1) is 11.3 Å². The Bertz CT molecular complexity index is 1730. The zero-order chi connectivity index (χ0) is 36.8. The Hall–Kier alpha value is -4.43. The van der Waals surface area contributed by atoms with Crippen LogP contribution in [0.1, 0.15) is 78.2 Å². The Balaban J connectivity index is 2.04. The maximum atomic E-state index is 16.1. The van der Waals surface area contributed by atoms with Crippen LogP contribution in [0.2, 0.25) is 0 Å². The molecule has 0 saturated heterocycles. The highest BCUT2D eigenvalue weighted by Gasteiger charge is 2.41. The highest BCUT2D eigenvalue weighted by Crippen LogP contribution is 2.54. The minimum absolute atomic E-state index is 0.0225. The van der Waals surface area contributed by atoms with Gasteiger partial charge in [-0.25, -0.2) is 0 Å². The van der Waals surface area contributed by atoms with Crippen molar-refractivity contribution in [2.24, 2.45) is 11.3 Å². The van der Waals surface area contributed by atoms with Gasteiger partial charge in [0.1, 0.15) is 46.3 Å². The molecule has 0 bridgehead atoms. The molecule has 0 aliphatic heterocycles. The van der Waals surface area contributed by atoms with E-state index < -0.39 is 30.9 Å². The van der Waals surface area contributed by atoms with Crippen molar-refractivity contribution < 1.29 is 43.3 Å². The van der Waals surface area contributed by atoms with Gasteiger partial charge in [-0.2, -0.15) is 0 Å². The molecule has 4 aromatic rings. The summed E-state index contributed by atoms with van der Waals surface area (Å²) in [6.45, 7) is 8.29. The Labute approximate surface area is 294 Å². The summed E-state index contributed by atoms with van der Waals surface area (Å²) in [6.07, 6.45) is -2.31. The van der Waals surface area contributed by atoms with E-state index in [0.29, 0.717) is 17.5 Å². The first kappa shape index (κ1) is 38.4. The van der Waals surface area contributed by atoms with Gasteiger partial charge in [0.15, 0.2) is 7.14 Å². The van der Waals surface area contributed by atoms with Gasteiger partial charge in [0.25, 0.3) is 0 Å². The van der Waals surface area contributed by atoms with E-state index >= 15 is 4.57 Å². The Morgan fingerprint density at radius 2 is 1.02 bits per heavy atom. The predicted octanol–water partition coefficient (Wildman–Crippen LogP) is 6.94. The Kier molecular flexibility index (Phi) is 12.3. The fraction of sp³-hybridized carbons (Fsp3) is 0.350. The van der Waals surface area contributed by atoms with Crippen LogP contribution in [0.15, 0.2) is 84.9 Å². The molecule has 50 heavy (non-hydrogen) atoms. The number of ether oxygens (including phenoxy) is 4. The van der Waals surface area contributed by atoms with Crippen molar-refractivity contribution in [3.63, 3.8) is 0 Å². The summed E-state index contributed by atoms with van der Waals surface area (Å²) in [7, 11) is 1.62. The number of aliphatic hydroxyl groups is 2. The van der Waals surface area contributed by atoms with Gasteiger partial charge in [-0.05, 0) is 53.1 Å². The predicted molar refractivity (Wildman–Crippen MR) is 196 cm³/mol. The fourth-order valence-electron chi connectivity index (χ4n) is 6.62. The number of Topliss-reactive ketones (excluding diaryl/α,β-unsaturated/α-hetero) is 2. The monoisotopic (exact) mass is 702 g/mol. The lowest BCUT2D eigenvalue weighted by atomic mass is 9.86. The molecule has 0 fully saturated rings. The third-order valence-electron chi connectivity index (χ3n) is 8.57. The molecule has 3 unspecified atom stereocenters. The molecule has 0 spiro atoms. The third kappa shape index (κ3) is 7.96. The summed E-state index contributed by atoms with van der Waals surface area (Å²) in [5, 5.41) is 22.8. The molecule has 4 rings (SSSR count). The molecule has 0 amide bonds. The Morgan fingerprint density at radius 3 is 1.34 bits per heavy atom. The third-order valence-corrected chi connectivity index (χ3v) is 12.0. The van der Waals surface area contributed by atoms with Crippen LogP contribution >= 0.6 is 7.14 Å². The average Bonchev–Trinajstić information content (AvgIpc) is 3.11. The molecule has 10 heteroatoms. The first-order chi connectivity index (χ1) is 23.7. The number of benzene rings is 4. The highest BCUT2D eigenvalue weighted by molar-refractivity contribution is 7.79. The van der Waals surface area contributed by atoms with Crippen LogP contribution in [-0.4, -0.2) is 56.4 Å². The lowest BCUT2D eigenvalue weighted by molar-refractivity contribution is 0.0736. The van der Waals surface area contributed by atoms with Crippen LogP contribution in [0.3, 0.4) is 0 Å². The fourth-order valence-corrected chi connectivity index (χ4v) is 9.97. The second-order valence-electron chi connectivity index (χ2n) is 13.5. The lowest BCUT2D eigenvalue weighted by Crippen LogP contribution is -2.28. The number of rotatable bonds is 15. The smallest absolute Gasteiger partial charge is 0.203 e. The zero-order valence-electron chi connectivity index (χ0n) is 29.9. The molecule has 0 aromatic heterocycles. The summed E-state index contributed by atoms with van der Waals surface area (Å²) in [5.41, 5.74) is 0.476. The standard InChI is InChI=1S/C40H47O9P/c1-25(23-40(2,3)4)24-50(45,30-21-19-28(46-5)32(38(30)48-7)36(43)34(41)26-15-11-9-12-16-26)31-22-20-29(47-6)33(39(31)49-8)37(44)35(42)27-17-13-10-14-18-27/h9-22,25,34-35,41-42H,23-24H2,1-8H3. The minimum Gasteiger partial charge on any atom is -0.496 e. The topological polar surface area (TPSA) is 129 Å². The molecular weight excluding hydrogens is 655 g/mol. The molecule has 266 valence electrons. The molecule has 0 heterocycles. The van der Waals surface area contributed by atoms with Crippen LogP contribution < -0.4 is 29.6 Å². The molecule has 0 aliphatic carbocycles. The molecule has 4 aromatic carbocycles. The maximum absolute atomic E-state index is 16.1. The van der Waals surface area contributed by atoms with Crippen molar-refractivity contribution in [3.05, 3.63) is 107 Å². The van der Waals surface area contributed by atoms with Gasteiger partial charge >= 0.3 is 0 Å². The normalized spacial score (nSPS) is 14.5. The largest absolute Gasteiger partial charge is 0.496 e. The van der Waals surface area contributed by atoms with E-state index in [4.69, 9.17) is 18.9 Å². The van der Waals surface area contributed by atoms with E-state index in [1.165, 1.54) is 40.6 Å². The van der Waals surface area contributed by atoms with Gasteiger partial charge in [-0.15, -0.1) is 0 Å². The number of hydrogen-bond acceptors (Lipinski definition) is 9. The van der Waals surface area contributed by atoms with Crippen molar-refractivity contribution in [3.8, 4) is 23.0 Å². The summed E-state index contributed by atoms with van der Waals surface area (Å²) in [4.78, 5) is 28.2. The number of carbonyl (C=O) groups is 2.